The molecular weight excluding hydrogens is 723 g/mol. The topological polar surface area (TPSA) is 16.4 Å². The number of para-hydroxylation sites is 3. The van der Waals surface area contributed by atoms with Crippen molar-refractivity contribution in [2.75, 3.05) is 4.90 Å². The van der Waals surface area contributed by atoms with Crippen molar-refractivity contribution in [1.29, 1.82) is 0 Å². The predicted molar refractivity (Wildman–Crippen MR) is 250 cm³/mol. The zero-order valence-electron chi connectivity index (χ0n) is 33.6. The van der Waals surface area contributed by atoms with Crippen molar-refractivity contribution in [1.82, 2.24) is 0 Å². The highest BCUT2D eigenvalue weighted by molar-refractivity contribution is 6.99. The molecule has 278 valence electrons. The summed E-state index contributed by atoms with van der Waals surface area (Å²) in [5.74, 6) is 0. The molecule has 8 aromatic carbocycles. The number of hydrogen-bond donors (Lipinski definition) is 0. The first-order chi connectivity index (χ1) is 27.6. The van der Waals surface area contributed by atoms with Crippen molar-refractivity contribution in [3.63, 3.8) is 0 Å². The second-order valence-electron chi connectivity index (χ2n) is 17.7. The number of rotatable bonds is 7. The Kier molecular flexibility index (Phi) is 8.12. The van der Waals surface area contributed by atoms with Crippen molar-refractivity contribution < 1.29 is 4.42 Å². The Labute approximate surface area is 338 Å². The van der Waals surface area contributed by atoms with Crippen molar-refractivity contribution in [3.05, 3.63) is 187 Å². The molecule has 0 N–H and O–H groups in total. The van der Waals surface area contributed by atoms with E-state index >= 15 is 0 Å². The summed E-state index contributed by atoms with van der Waals surface area (Å²) in [5, 5.41) is 4.98. The van der Waals surface area contributed by atoms with E-state index in [1.54, 1.807) is 5.56 Å². The van der Waals surface area contributed by atoms with Gasteiger partial charge in [0.05, 0.1) is 16.1 Å². The Morgan fingerprint density at radius 3 is 1.67 bits per heavy atom. The molecule has 0 unspecified atom stereocenters. The Balaban J connectivity index is 1.18. The largest absolute Gasteiger partial charge is 0.455 e. The minimum Gasteiger partial charge on any atom is -0.455 e. The van der Waals surface area contributed by atoms with Gasteiger partial charge in [-0.2, -0.15) is 0 Å². The predicted octanol–water partition coefficient (Wildman–Crippen LogP) is 15.6. The van der Waals surface area contributed by atoms with E-state index in [1.807, 2.05) is 6.07 Å². The Bertz CT molecular complexity index is 2960. The fourth-order valence-corrected chi connectivity index (χ4v) is 23.7. The quantitative estimate of drug-likeness (QED) is 0.150. The van der Waals surface area contributed by atoms with Gasteiger partial charge in [0.2, 0.25) is 0 Å². The molecule has 1 heterocycles. The summed E-state index contributed by atoms with van der Waals surface area (Å²) in [6.45, 7) is 15.7. The molecule has 0 amide bonds. The maximum Gasteiger partial charge on any atom is 0.143 e. The zero-order chi connectivity index (χ0) is 39.1. The lowest BCUT2D eigenvalue weighted by molar-refractivity contribution is 0.670. The normalized spacial score (nSPS) is 13.6. The Morgan fingerprint density at radius 2 is 0.965 bits per heavy atom. The number of hydrogen-bond acceptors (Lipinski definition) is 2. The van der Waals surface area contributed by atoms with Crippen LogP contribution in [0.5, 0.6) is 0 Å². The van der Waals surface area contributed by atoms with Crippen molar-refractivity contribution in [2.45, 2.75) is 43.9 Å². The van der Waals surface area contributed by atoms with Crippen LogP contribution in [-0.2, 0) is 4.66 Å². The maximum atomic E-state index is 6.45. The Hall–Kier alpha value is -5.95. The molecule has 0 saturated heterocycles. The lowest BCUT2D eigenvalue weighted by atomic mass is 9.91. The SMILES string of the molecule is C[Si](C)(C)C1([Si](C)(C)C)c2cc(N(c3ccccc3)c3ccc(-c4cccc5c4oc4ccccc45)cc3)ccc2-c2c1cc(-c1ccccc1)c1ccccc21. The zero-order valence-corrected chi connectivity index (χ0v) is 35.6. The minimum absolute atomic E-state index is 0.0360. The average molecular weight is 770 g/mol. The third-order valence-corrected chi connectivity index (χ3v) is 22.7. The monoisotopic (exact) mass is 769 g/mol. The van der Waals surface area contributed by atoms with Crippen LogP contribution in [0.3, 0.4) is 0 Å². The maximum absolute atomic E-state index is 6.45. The molecule has 0 fully saturated rings. The number of fused-ring (bicyclic) bond motifs is 8. The fourth-order valence-electron chi connectivity index (χ4n) is 10.7. The van der Waals surface area contributed by atoms with Crippen LogP contribution < -0.4 is 4.90 Å². The highest BCUT2D eigenvalue weighted by Crippen LogP contribution is 2.61. The summed E-state index contributed by atoms with van der Waals surface area (Å²) in [6.07, 6.45) is 0. The summed E-state index contributed by atoms with van der Waals surface area (Å²) in [6, 6.07) is 64.9. The lowest BCUT2D eigenvalue weighted by Crippen LogP contribution is -2.63. The van der Waals surface area contributed by atoms with Gasteiger partial charge in [0.25, 0.3) is 0 Å². The first kappa shape index (κ1) is 35.5. The molecule has 0 aliphatic heterocycles. The summed E-state index contributed by atoms with van der Waals surface area (Å²) in [5.41, 5.74) is 16.1. The molecule has 10 rings (SSSR count). The molecule has 4 heteroatoms. The van der Waals surface area contributed by atoms with Crippen LogP contribution in [0.15, 0.2) is 180 Å². The van der Waals surface area contributed by atoms with Gasteiger partial charge in [-0.1, -0.05) is 167 Å². The van der Waals surface area contributed by atoms with Crippen LogP contribution in [0, 0.1) is 0 Å². The average Bonchev–Trinajstić information content (AvgIpc) is 3.76. The molecule has 0 saturated carbocycles. The van der Waals surface area contributed by atoms with Crippen LogP contribution in [0.1, 0.15) is 11.1 Å². The summed E-state index contributed by atoms with van der Waals surface area (Å²) in [4.78, 5) is 2.45. The molecular formula is C53H47NOSi2. The molecule has 9 aromatic rings. The molecule has 0 bridgehead atoms. The van der Waals surface area contributed by atoms with E-state index in [0.29, 0.717) is 0 Å². The van der Waals surface area contributed by atoms with Crippen molar-refractivity contribution >= 4 is 65.9 Å². The molecule has 57 heavy (non-hydrogen) atoms. The van der Waals surface area contributed by atoms with E-state index in [9.17, 15) is 0 Å². The minimum atomic E-state index is -1.99. The van der Waals surface area contributed by atoms with Crippen LogP contribution in [0.4, 0.5) is 17.1 Å². The van der Waals surface area contributed by atoms with Gasteiger partial charge in [-0.25, -0.2) is 0 Å². The van der Waals surface area contributed by atoms with E-state index in [0.717, 1.165) is 44.4 Å². The third-order valence-electron chi connectivity index (χ3n) is 12.6. The van der Waals surface area contributed by atoms with Gasteiger partial charge in [-0.15, -0.1) is 0 Å². The summed E-state index contributed by atoms with van der Waals surface area (Å²) in [7, 11) is -3.97. The number of furan rings is 1. The van der Waals surface area contributed by atoms with Gasteiger partial charge >= 0.3 is 0 Å². The van der Waals surface area contributed by atoms with E-state index in [1.165, 1.54) is 44.3 Å². The lowest BCUT2D eigenvalue weighted by Gasteiger charge is -2.51. The number of anilines is 3. The van der Waals surface area contributed by atoms with E-state index in [4.69, 9.17) is 4.42 Å². The van der Waals surface area contributed by atoms with Crippen molar-refractivity contribution in [2.24, 2.45) is 0 Å². The molecule has 1 aliphatic rings. The molecule has 0 radical (unpaired) electrons. The van der Waals surface area contributed by atoms with Gasteiger partial charge in [0.15, 0.2) is 0 Å². The second kappa shape index (κ2) is 13.1. The summed E-state index contributed by atoms with van der Waals surface area (Å²) < 4.78 is 6.42. The van der Waals surface area contributed by atoms with E-state index in [-0.39, 0.29) is 4.66 Å². The van der Waals surface area contributed by atoms with E-state index in [2.05, 4.69) is 214 Å². The van der Waals surface area contributed by atoms with E-state index < -0.39 is 16.1 Å². The first-order valence-corrected chi connectivity index (χ1v) is 27.2. The molecule has 0 atom stereocenters. The van der Waals surface area contributed by atoms with Gasteiger partial charge in [-0.05, 0) is 98.2 Å². The van der Waals surface area contributed by atoms with Gasteiger partial charge in [0, 0.05) is 38.1 Å². The number of nitrogens with zero attached hydrogens (tertiary/aromatic N) is 1. The molecule has 0 spiro atoms. The second-order valence-corrected chi connectivity index (χ2v) is 28.7. The fraction of sp³-hybridized carbons (Fsp3) is 0.132. The van der Waals surface area contributed by atoms with Crippen molar-refractivity contribution in [3.8, 4) is 33.4 Å². The van der Waals surface area contributed by atoms with Crippen LogP contribution >= 0.6 is 0 Å². The first-order valence-electron chi connectivity index (χ1n) is 20.2. The van der Waals surface area contributed by atoms with Gasteiger partial charge < -0.3 is 9.32 Å². The molecule has 1 aromatic heterocycles. The summed E-state index contributed by atoms with van der Waals surface area (Å²) >= 11 is 0. The van der Waals surface area contributed by atoms with Crippen LogP contribution in [0.25, 0.3) is 66.1 Å². The molecule has 2 nitrogen and oxygen atoms in total. The standard InChI is InChI=1S/C53H47NOSi2/c1-56(2,3)53(57(4,5)6)48-34-40(32-33-46(48)51-44-24-14-13-22-42(44)47(35-49(51)53)36-18-9-7-10-19-36)54(38-20-11-8-12-21-38)39-30-28-37(29-31-39)41-25-17-26-45-43-23-15-16-27-50(43)55-52(41)45/h7-35H,1-6H3. The third kappa shape index (κ3) is 5.34. The number of benzene rings is 8. The van der Waals surface area contributed by atoms with Gasteiger partial charge in [0.1, 0.15) is 11.2 Å². The van der Waals surface area contributed by atoms with Crippen LogP contribution in [-0.4, -0.2) is 16.1 Å². The highest BCUT2D eigenvalue weighted by atomic mass is 28.4. The Morgan fingerprint density at radius 1 is 0.404 bits per heavy atom. The van der Waals surface area contributed by atoms with Gasteiger partial charge in [-0.3, -0.25) is 0 Å². The van der Waals surface area contributed by atoms with Crippen LogP contribution in [0.2, 0.25) is 39.3 Å². The smallest absolute Gasteiger partial charge is 0.143 e. The highest BCUT2D eigenvalue weighted by Gasteiger charge is 2.59. The molecule has 1 aliphatic carbocycles.